The Morgan fingerprint density at radius 1 is 1.07 bits per heavy atom. The molecule has 0 saturated heterocycles. The number of nitrogens with zero attached hydrogens (tertiary/aromatic N) is 1. The number of rotatable bonds is 9. The molecule has 1 atom stereocenters. The number of nitrogens with one attached hydrogen (secondary N) is 1. The summed E-state index contributed by atoms with van der Waals surface area (Å²) in [6.07, 6.45) is 0. The minimum absolute atomic E-state index is 0.139. The molecule has 0 unspecified atom stereocenters. The molecule has 2 aromatic rings. The van der Waals surface area contributed by atoms with E-state index in [1.165, 1.54) is 0 Å². The van der Waals surface area contributed by atoms with Crippen LogP contribution in [0.3, 0.4) is 0 Å². The Hall–Kier alpha value is -2.53. The van der Waals surface area contributed by atoms with Crippen molar-refractivity contribution in [3.63, 3.8) is 0 Å². The first kappa shape index (κ1) is 23.7. The van der Waals surface area contributed by atoms with E-state index >= 15 is 0 Å². The van der Waals surface area contributed by atoms with Gasteiger partial charge in [-0.05, 0) is 61.6 Å². The Morgan fingerprint density at radius 3 is 2.37 bits per heavy atom. The van der Waals surface area contributed by atoms with Gasteiger partial charge in [0.15, 0.2) is 6.61 Å². The van der Waals surface area contributed by atoms with Gasteiger partial charge in [0.25, 0.3) is 5.91 Å². The predicted molar refractivity (Wildman–Crippen MR) is 121 cm³/mol. The lowest BCUT2D eigenvalue weighted by molar-refractivity contribution is -0.142. The van der Waals surface area contributed by atoms with Gasteiger partial charge in [0.1, 0.15) is 11.8 Å². The normalized spacial score (nSPS) is 11.8. The van der Waals surface area contributed by atoms with E-state index in [2.05, 4.69) is 5.32 Å². The van der Waals surface area contributed by atoms with Crippen molar-refractivity contribution < 1.29 is 14.3 Å². The molecule has 1 N–H and O–H groups in total. The zero-order valence-corrected chi connectivity index (χ0v) is 19.1. The summed E-state index contributed by atoms with van der Waals surface area (Å²) in [5.74, 6) is 0.566. The summed E-state index contributed by atoms with van der Waals surface area (Å²) in [7, 11) is 0. The first-order valence-electron chi connectivity index (χ1n) is 10.2. The van der Waals surface area contributed by atoms with Gasteiger partial charge in [-0.1, -0.05) is 49.7 Å². The molecule has 30 heavy (non-hydrogen) atoms. The molecule has 0 spiro atoms. The van der Waals surface area contributed by atoms with E-state index in [-0.39, 0.29) is 18.4 Å². The van der Waals surface area contributed by atoms with Crippen molar-refractivity contribution in [2.75, 3.05) is 13.2 Å². The molecule has 5 nitrogen and oxygen atoms in total. The van der Waals surface area contributed by atoms with Crippen molar-refractivity contribution in [1.82, 2.24) is 10.2 Å². The van der Waals surface area contributed by atoms with Gasteiger partial charge in [0.05, 0.1) is 0 Å². The Bertz CT molecular complexity index is 865. The van der Waals surface area contributed by atoms with Gasteiger partial charge in [-0.2, -0.15) is 0 Å². The second-order valence-corrected chi connectivity index (χ2v) is 8.46. The van der Waals surface area contributed by atoms with Crippen LogP contribution in [0.4, 0.5) is 0 Å². The summed E-state index contributed by atoms with van der Waals surface area (Å²) >= 11 is 5.98. The fourth-order valence-electron chi connectivity index (χ4n) is 2.91. The van der Waals surface area contributed by atoms with Crippen molar-refractivity contribution in [3.8, 4) is 5.75 Å². The summed E-state index contributed by atoms with van der Waals surface area (Å²) in [6, 6.07) is 12.5. The Balaban J connectivity index is 2.15. The average Bonchev–Trinajstić information content (AvgIpc) is 2.71. The van der Waals surface area contributed by atoms with E-state index in [4.69, 9.17) is 16.3 Å². The van der Waals surface area contributed by atoms with Crippen molar-refractivity contribution in [2.24, 2.45) is 5.92 Å². The summed E-state index contributed by atoms with van der Waals surface area (Å²) < 4.78 is 5.80. The van der Waals surface area contributed by atoms with Gasteiger partial charge in [-0.15, -0.1) is 0 Å². The van der Waals surface area contributed by atoms with Crippen LogP contribution in [-0.4, -0.2) is 35.9 Å². The summed E-state index contributed by atoms with van der Waals surface area (Å²) in [5, 5.41) is 3.53. The largest absolute Gasteiger partial charge is 0.483 e. The zero-order chi connectivity index (χ0) is 22.3. The molecule has 162 valence electrons. The van der Waals surface area contributed by atoms with Gasteiger partial charge < -0.3 is 15.0 Å². The molecule has 0 radical (unpaired) electrons. The minimum Gasteiger partial charge on any atom is -0.483 e. The highest BCUT2D eigenvalue weighted by molar-refractivity contribution is 6.30. The number of amides is 2. The summed E-state index contributed by atoms with van der Waals surface area (Å²) in [5.41, 5.74) is 2.91. The lowest BCUT2D eigenvalue weighted by atomic mass is 10.1. The number of hydrogen-bond donors (Lipinski definition) is 1. The molecule has 0 fully saturated rings. The molecular weight excluding hydrogens is 400 g/mol. The zero-order valence-electron chi connectivity index (χ0n) is 18.4. The molecule has 0 saturated carbocycles. The quantitative estimate of drug-likeness (QED) is 0.636. The highest BCUT2D eigenvalue weighted by Crippen LogP contribution is 2.20. The maximum atomic E-state index is 13.1. The predicted octanol–water partition coefficient (Wildman–Crippen LogP) is 4.53. The van der Waals surface area contributed by atoms with Crippen LogP contribution in [0.25, 0.3) is 0 Å². The topological polar surface area (TPSA) is 58.6 Å². The molecule has 0 aliphatic carbocycles. The van der Waals surface area contributed by atoms with Crippen molar-refractivity contribution in [3.05, 3.63) is 64.2 Å². The number of carbonyl (C=O) groups is 2. The number of ether oxygens (including phenoxy) is 1. The number of aryl methyl sites for hydroxylation is 2. The van der Waals surface area contributed by atoms with Crippen LogP contribution in [0.2, 0.25) is 5.02 Å². The second kappa shape index (κ2) is 11.0. The molecular formula is C24H31ClN2O3. The highest BCUT2D eigenvalue weighted by Gasteiger charge is 2.26. The number of hydrogen-bond acceptors (Lipinski definition) is 3. The Morgan fingerprint density at radius 2 is 1.73 bits per heavy atom. The van der Waals surface area contributed by atoms with E-state index < -0.39 is 6.04 Å². The molecule has 2 aromatic carbocycles. The maximum Gasteiger partial charge on any atom is 0.261 e. The van der Waals surface area contributed by atoms with Gasteiger partial charge in [-0.3, -0.25) is 9.59 Å². The van der Waals surface area contributed by atoms with Crippen LogP contribution in [0.5, 0.6) is 5.75 Å². The molecule has 0 bridgehead atoms. The lowest BCUT2D eigenvalue weighted by Gasteiger charge is -2.29. The Labute approximate surface area is 184 Å². The third kappa shape index (κ3) is 7.06. The van der Waals surface area contributed by atoms with Crippen LogP contribution in [0.1, 0.15) is 37.5 Å². The van der Waals surface area contributed by atoms with Crippen molar-refractivity contribution >= 4 is 23.4 Å². The summed E-state index contributed by atoms with van der Waals surface area (Å²) in [4.78, 5) is 27.3. The van der Waals surface area contributed by atoms with E-state index in [9.17, 15) is 9.59 Å². The first-order chi connectivity index (χ1) is 14.2. The smallest absolute Gasteiger partial charge is 0.261 e. The SMILES string of the molecule is Cc1ccc(C)c(OCC(=O)N(Cc2ccc(Cl)cc2)[C@H](C)C(=O)NCC(C)C)c1. The van der Waals surface area contributed by atoms with E-state index in [1.54, 1.807) is 24.0 Å². The molecule has 2 rings (SSSR count). The van der Waals surface area contributed by atoms with E-state index in [0.29, 0.717) is 29.8 Å². The maximum absolute atomic E-state index is 13.1. The van der Waals surface area contributed by atoms with Gasteiger partial charge in [0.2, 0.25) is 5.91 Å². The van der Waals surface area contributed by atoms with Gasteiger partial charge >= 0.3 is 0 Å². The molecule has 6 heteroatoms. The molecule has 0 aliphatic heterocycles. The first-order valence-corrected chi connectivity index (χ1v) is 10.6. The lowest BCUT2D eigenvalue weighted by Crippen LogP contribution is -2.49. The third-order valence-electron chi connectivity index (χ3n) is 4.81. The van der Waals surface area contributed by atoms with Crippen LogP contribution >= 0.6 is 11.6 Å². The highest BCUT2D eigenvalue weighted by atomic mass is 35.5. The fourth-order valence-corrected chi connectivity index (χ4v) is 3.03. The van der Waals surface area contributed by atoms with Crippen LogP contribution in [0.15, 0.2) is 42.5 Å². The van der Waals surface area contributed by atoms with Crippen molar-refractivity contribution in [1.29, 1.82) is 0 Å². The van der Waals surface area contributed by atoms with Gasteiger partial charge in [0, 0.05) is 18.1 Å². The minimum atomic E-state index is -0.630. The molecule has 0 aliphatic rings. The monoisotopic (exact) mass is 430 g/mol. The van der Waals surface area contributed by atoms with E-state index in [0.717, 1.165) is 16.7 Å². The van der Waals surface area contributed by atoms with Crippen LogP contribution < -0.4 is 10.1 Å². The second-order valence-electron chi connectivity index (χ2n) is 8.02. The van der Waals surface area contributed by atoms with Crippen LogP contribution in [-0.2, 0) is 16.1 Å². The number of halogens is 1. The molecule has 0 heterocycles. The van der Waals surface area contributed by atoms with E-state index in [1.807, 2.05) is 58.0 Å². The standard InChI is InChI=1S/C24H31ClN2O3/c1-16(2)13-26-24(29)19(5)27(14-20-8-10-21(25)11-9-20)23(28)15-30-22-12-17(3)6-7-18(22)4/h6-12,16,19H,13-15H2,1-5H3,(H,26,29)/t19-/m1/s1. The average molecular weight is 431 g/mol. The third-order valence-corrected chi connectivity index (χ3v) is 5.06. The molecule has 0 aromatic heterocycles. The number of benzene rings is 2. The van der Waals surface area contributed by atoms with Crippen LogP contribution in [0, 0.1) is 19.8 Å². The fraction of sp³-hybridized carbons (Fsp3) is 0.417. The number of carbonyl (C=O) groups excluding carboxylic acids is 2. The Kier molecular flexibility index (Phi) is 8.72. The molecule has 2 amide bonds. The van der Waals surface area contributed by atoms with Crippen molar-refractivity contribution in [2.45, 2.75) is 47.2 Å². The summed E-state index contributed by atoms with van der Waals surface area (Å²) in [6.45, 7) is 10.4. The van der Waals surface area contributed by atoms with Gasteiger partial charge in [-0.25, -0.2) is 0 Å².